The minimum Gasteiger partial charge on any atom is -0.393 e. The summed E-state index contributed by atoms with van der Waals surface area (Å²) in [5, 5.41) is 9.04. The summed E-state index contributed by atoms with van der Waals surface area (Å²) in [6.07, 6.45) is 3.78. The first kappa shape index (κ1) is 3.90. The lowest BCUT2D eigenvalue weighted by molar-refractivity contribution is 0.159. The van der Waals surface area contributed by atoms with Crippen LogP contribution in [0.2, 0.25) is 0 Å². The van der Waals surface area contributed by atoms with Crippen molar-refractivity contribution in [2.45, 2.75) is 25.4 Å². The van der Waals surface area contributed by atoms with E-state index in [2.05, 4.69) is 0 Å². The first-order chi connectivity index (χ1) is 3.38. The van der Waals surface area contributed by atoms with Gasteiger partial charge in [0.15, 0.2) is 0 Å². The predicted octanol–water partition coefficient (Wildman–Crippen LogP) is 0.777. The maximum Gasteiger partial charge on any atom is 0.0571 e. The third-order valence-corrected chi connectivity index (χ3v) is 2.30. The van der Waals surface area contributed by atoms with Crippen LogP contribution < -0.4 is 0 Å². The molecule has 2 rings (SSSR count). The molecule has 2 aliphatic rings. The zero-order chi connectivity index (χ0) is 4.85. The Morgan fingerprint density at radius 2 is 2.14 bits per heavy atom. The molecule has 40 valence electrons. The van der Waals surface area contributed by atoms with E-state index in [4.69, 9.17) is 5.11 Å². The molecule has 2 aliphatic carbocycles. The van der Waals surface area contributed by atoms with E-state index in [0.29, 0.717) is 0 Å². The van der Waals surface area contributed by atoms with Gasteiger partial charge in [0.2, 0.25) is 0 Å². The van der Waals surface area contributed by atoms with E-state index in [1.165, 1.54) is 12.8 Å². The highest BCUT2D eigenvalue weighted by Crippen LogP contribution is 2.51. The summed E-state index contributed by atoms with van der Waals surface area (Å²) < 4.78 is 0. The standard InChI is InChI=1S/C6H10O/c7-6-2-1-4-3-5(4)6/h4-7H,1-3H2/t4?,5?,6-/m0/s1. The fourth-order valence-corrected chi connectivity index (χ4v) is 1.67. The van der Waals surface area contributed by atoms with Crippen molar-refractivity contribution in [3.05, 3.63) is 0 Å². The molecule has 0 amide bonds. The van der Waals surface area contributed by atoms with Crippen LogP contribution in [0.3, 0.4) is 0 Å². The molecule has 0 aromatic heterocycles. The maximum atomic E-state index is 9.04. The van der Waals surface area contributed by atoms with Crippen LogP contribution in [0.25, 0.3) is 0 Å². The van der Waals surface area contributed by atoms with E-state index < -0.39 is 0 Å². The molecule has 2 fully saturated rings. The molecule has 3 atom stereocenters. The van der Waals surface area contributed by atoms with Crippen molar-refractivity contribution >= 4 is 0 Å². The van der Waals surface area contributed by atoms with Crippen molar-refractivity contribution < 1.29 is 5.11 Å². The number of aliphatic hydroxyl groups is 1. The number of hydrogen-bond acceptors (Lipinski definition) is 1. The summed E-state index contributed by atoms with van der Waals surface area (Å²) in [6.45, 7) is 0. The molecular formula is C6H10O. The Hall–Kier alpha value is -0.0400. The highest BCUT2D eigenvalue weighted by Gasteiger charge is 2.47. The third kappa shape index (κ3) is 0.418. The Balaban J connectivity index is 2.08. The number of fused-ring (bicyclic) bond motifs is 1. The molecule has 0 aromatic carbocycles. The van der Waals surface area contributed by atoms with Gasteiger partial charge in [0.05, 0.1) is 6.10 Å². The topological polar surface area (TPSA) is 20.2 Å². The van der Waals surface area contributed by atoms with Crippen LogP contribution >= 0.6 is 0 Å². The lowest BCUT2D eigenvalue weighted by Crippen LogP contribution is -2.02. The molecule has 0 bridgehead atoms. The molecule has 2 saturated carbocycles. The summed E-state index contributed by atoms with van der Waals surface area (Å²) in [5.41, 5.74) is 0. The van der Waals surface area contributed by atoms with Crippen molar-refractivity contribution in [2.75, 3.05) is 0 Å². The van der Waals surface area contributed by atoms with Crippen molar-refractivity contribution in [2.24, 2.45) is 11.8 Å². The van der Waals surface area contributed by atoms with E-state index in [9.17, 15) is 0 Å². The second-order valence-corrected chi connectivity index (χ2v) is 2.80. The van der Waals surface area contributed by atoms with E-state index >= 15 is 0 Å². The summed E-state index contributed by atoms with van der Waals surface area (Å²) >= 11 is 0. The molecule has 0 aromatic rings. The quantitative estimate of drug-likeness (QED) is 0.474. The Morgan fingerprint density at radius 1 is 1.29 bits per heavy atom. The Morgan fingerprint density at radius 3 is 2.29 bits per heavy atom. The summed E-state index contributed by atoms with van der Waals surface area (Å²) in [5.74, 6) is 1.68. The van der Waals surface area contributed by atoms with Crippen LogP contribution in [0.4, 0.5) is 0 Å². The van der Waals surface area contributed by atoms with Gasteiger partial charge in [0.25, 0.3) is 0 Å². The van der Waals surface area contributed by atoms with Crippen molar-refractivity contribution in [1.29, 1.82) is 0 Å². The maximum absolute atomic E-state index is 9.04. The van der Waals surface area contributed by atoms with E-state index in [0.717, 1.165) is 18.3 Å². The molecule has 0 aliphatic heterocycles. The van der Waals surface area contributed by atoms with Crippen LogP contribution in [0.15, 0.2) is 0 Å². The first-order valence-corrected chi connectivity index (χ1v) is 3.06. The molecule has 0 spiro atoms. The van der Waals surface area contributed by atoms with Gasteiger partial charge in [-0.1, -0.05) is 0 Å². The average Bonchev–Trinajstić information content (AvgIpc) is 2.33. The molecule has 2 unspecified atom stereocenters. The first-order valence-electron chi connectivity index (χ1n) is 3.06. The molecule has 0 radical (unpaired) electrons. The van der Waals surface area contributed by atoms with Crippen molar-refractivity contribution in [1.82, 2.24) is 0 Å². The summed E-state index contributed by atoms with van der Waals surface area (Å²) in [7, 11) is 0. The van der Waals surface area contributed by atoms with Crippen LogP contribution in [-0.2, 0) is 0 Å². The minimum absolute atomic E-state index is 0.0880. The number of rotatable bonds is 0. The van der Waals surface area contributed by atoms with Crippen molar-refractivity contribution in [3.63, 3.8) is 0 Å². The largest absolute Gasteiger partial charge is 0.393 e. The molecule has 1 nitrogen and oxygen atoms in total. The minimum atomic E-state index is 0.0880. The molecule has 1 N–H and O–H groups in total. The molecule has 1 heteroatoms. The predicted molar refractivity (Wildman–Crippen MR) is 26.8 cm³/mol. The van der Waals surface area contributed by atoms with Crippen LogP contribution in [0, 0.1) is 11.8 Å². The fourth-order valence-electron chi connectivity index (χ4n) is 1.67. The normalized spacial score (nSPS) is 57.0. The van der Waals surface area contributed by atoms with Gasteiger partial charge in [-0.3, -0.25) is 0 Å². The molecule has 7 heavy (non-hydrogen) atoms. The van der Waals surface area contributed by atoms with Gasteiger partial charge in [-0.05, 0) is 31.1 Å². The SMILES string of the molecule is O[C@H]1CCC2CC21. The van der Waals surface area contributed by atoms with Gasteiger partial charge in [0, 0.05) is 0 Å². The summed E-state index contributed by atoms with van der Waals surface area (Å²) in [4.78, 5) is 0. The van der Waals surface area contributed by atoms with Gasteiger partial charge >= 0.3 is 0 Å². The second-order valence-electron chi connectivity index (χ2n) is 2.80. The second kappa shape index (κ2) is 1.03. The Bertz CT molecular complexity index is 90.2. The van der Waals surface area contributed by atoms with Gasteiger partial charge < -0.3 is 5.11 Å². The zero-order valence-electron chi connectivity index (χ0n) is 4.30. The Labute approximate surface area is 43.3 Å². The lowest BCUT2D eigenvalue weighted by atomic mass is 10.2. The fraction of sp³-hybridized carbons (Fsp3) is 1.00. The van der Waals surface area contributed by atoms with Crippen LogP contribution in [0.5, 0.6) is 0 Å². The van der Waals surface area contributed by atoms with Crippen molar-refractivity contribution in [3.8, 4) is 0 Å². The summed E-state index contributed by atoms with van der Waals surface area (Å²) in [6, 6.07) is 0. The highest BCUT2D eigenvalue weighted by atomic mass is 16.3. The van der Waals surface area contributed by atoms with Gasteiger partial charge in [0.1, 0.15) is 0 Å². The average molecular weight is 98.1 g/mol. The Kier molecular flexibility index (Phi) is 0.571. The van der Waals surface area contributed by atoms with Crippen LogP contribution in [-0.4, -0.2) is 11.2 Å². The smallest absolute Gasteiger partial charge is 0.0571 e. The number of aliphatic hydroxyl groups excluding tert-OH is 1. The zero-order valence-corrected chi connectivity index (χ0v) is 4.30. The third-order valence-electron chi connectivity index (χ3n) is 2.30. The molecule has 0 saturated heterocycles. The monoisotopic (exact) mass is 98.1 g/mol. The highest BCUT2D eigenvalue weighted by molar-refractivity contribution is 4.97. The molecular weight excluding hydrogens is 88.1 g/mol. The van der Waals surface area contributed by atoms with Crippen LogP contribution in [0.1, 0.15) is 19.3 Å². The number of hydrogen-bond donors (Lipinski definition) is 1. The van der Waals surface area contributed by atoms with E-state index in [1.807, 2.05) is 0 Å². The lowest BCUT2D eigenvalue weighted by Gasteiger charge is -1.97. The van der Waals surface area contributed by atoms with Gasteiger partial charge in [-0.25, -0.2) is 0 Å². The van der Waals surface area contributed by atoms with Gasteiger partial charge in [-0.15, -0.1) is 0 Å². The molecule has 0 heterocycles. The van der Waals surface area contributed by atoms with E-state index in [1.54, 1.807) is 0 Å². The van der Waals surface area contributed by atoms with Gasteiger partial charge in [-0.2, -0.15) is 0 Å². The van der Waals surface area contributed by atoms with E-state index in [-0.39, 0.29) is 6.10 Å².